The second-order valence-electron chi connectivity index (χ2n) is 4.58. The van der Waals surface area contributed by atoms with Crippen LogP contribution in [0.3, 0.4) is 0 Å². The van der Waals surface area contributed by atoms with E-state index in [4.69, 9.17) is 4.42 Å². The summed E-state index contributed by atoms with van der Waals surface area (Å²) in [6, 6.07) is 6.07. The van der Waals surface area contributed by atoms with E-state index in [0.717, 1.165) is 11.3 Å². The van der Waals surface area contributed by atoms with E-state index in [1.807, 2.05) is 29.5 Å². The molecule has 0 bridgehead atoms. The largest absolute Gasteiger partial charge is 0.469 e. The predicted molar refractivity (Wildman–Crippen MR) is 85.1 cm³/mol. The van der Waals surface area contributed by atoms with Crippen molar-refractivity contribution < 1.29 is 14.1 Å². The summed E-state index contributed by atoms with van der Waals surface area (Å²) in [4.78, 5) is 24.3. The number of amides is 1. The Morgan fingerprint density at radius 1 is 1.43 bits per heavy atom. The SMILES string of the molecule is Cc1occc1CN(C)C(=O)c1cc([N+](=O)[O-])ccc1I. The number of carbonyl (C=O) groups excluding carboxylic acids is 1. The summed E-state index contributed by atoms with van der Waals surface area (Å²) >= 11 is 2.00. The van der Waals surface area contributed by atoms with E-state index in [9.17, 15) is 14.9 Å². The van der Waals surface area contributed by atoms with Crippen molar-refractivity contribution in [2.45, 2.75) is 13.5 Å². The normalized spacial score (nSPS) is 10.4. The van der Waals surface area contributed by atoms with E-state index in [1.54, 1.807) is 25.4 Å². The first-order valence-electron chi connectivity index (χ1n) is 6.12. The molecule has 0 radical (unpaired) electrons. The second-order valence-corrected chi connectivity index (χ2v) is 5.75. The lowest BCUT2D eigenvalue weighted by molar-refractivity contribution is -0.384. The Kier molecular flexibility index (Phi) is 4.61. The third kappa shape index (κ3) is 3.41. The van der Waals surface area contributed by atoms with Crippen molar-refractivity contribution in [3.05, 3.63) is 61.1 Å². The number of nitrogens with zero attached hydrogens (tertiary/aromatic N) is 2. The van der Waals surface area contributed by atoms with E-state index >= 15 is 0 Å². The first-order valence-corrected chi connectivity index (χ1v) is 7.20. The summed E-state index contributed by atoms with van der Waals surface area (Å²) in [6.45, 7) is 2.21. The zero-order valence-corrected chi connectivity index (χ0v) is 13.7. The van der Waals surface area contributed by atoms with Gasteiger partial charge in [-0.3, -0.25) is 14.9 Å². The van der Waals surface area contributed by atoms with E-state index in [-0.39, 0.29) is 11.6 Å². The molecule has 2 rings (SSSR count). The number of nitro benzene ring substituents is 1. The minimum Gasteiger partial charge on any atom is -0.469 e. The first-order chi connectivity index (χ1) is 9.90. The number of halogens is 1. The molecule has 0 aliphatic rings. The van der Waals surface area contributed by atoms with Gasteiger partial charge in [-0.05, 0) is 41.6 Å². The molecule has 0 N–H and O–H groups in total. The van der Waals surface area contributed by atoms with Gasteiger partial charge in [-0.1, -0.05) is 0 Å². The van der Waals surface area contributed by atoms with Gasteiger partial charge >= 0.3 is 0 Å². The molecule has 2 aromatic rings. The minimum atomic E-state index is -0.507. The number of hydrogen-bond donors (Lipinski definition) is 0. The molecule has 0 saturated heterocycles. The van der Waals surface area contributed by atoms with E-state index < -0.39 is 4.92 Å². The van der Waals surface area contributed by atoms with Crippen molar-refractivity contribution in [3.63, 3.8) is 0 Å². The summed E-state index contributed by atoms with van der Waals surface area (Å²) in [7, 11) is 1.66. The van der Waals surface area contributed by atoms with Crippen LogP contribution < -0.4 is 0 Å². The molecule has 21 heavy (non-hydrogen) atoms. The predicted octanol–water partition coefficient (Wildman–Crippen LogP) is 3.37. The third-order valence-electron chi connectivity index (χ3n) is 3.11. The van der Waals surface area contributed by atoms with Crippen molar-refractivity contribution in [1.82, 2.24) is 4.90 Å². The number of nitro groups is 1. The highest BCUT2D eigenvalue weighted by Crippen LogP contribution is 2.22. The summed E-state index contributed by atoms with van der Waals surface area (Å²) < 4.78 is 5.88. The van der Waals surface area contributed by atoms with Crippen molar-refractivity contribution in [2.75, 3.05) is 7.05 Å². The summed E-state index contributed by atoms with van der Waals surface area (Å²) in [6.07, 6.45) is 1.57. The molecular formula is C14H13IN2O4. The number of hydrogen-bond acceptors (Lipinski definition) is 4. The average Bonchev–Trinajstić information content (AvgIpc) is 2.83. The van der Waals surface area contributed by atoms with Gasteiger partial charge in [-0.15, -0.1) is 0 Å². The van der Waals surface area contributed by atoms with Gasteiger partial charge in [0.25, 0.3) is 11.6 Å². The molecule has 0 aliphatic carbocycles. The van der Waals surface area contributed by atoms with Gasteiger partial charge < -0.3 is 9.32 Å². The second kappa shape index (κ2) is 6.25. The lowest BCUT2D eigenvalue weighted by atomic mass is 10.1. The van der Waals surface area contributed by atoms with E-state index in [0.29, 0.717) is 15.7 Å². The quantitative estimate of drug-likeness (QED) is 0.448. The number of non-ortho nitro benzene ring substituents is 1. The van der Waals surface area contributed by atoms with Gasteiger partial charge in [0.15, 0.2) is 0 Å². The van der Waals surface area contributed by atoms with Gasteiger partial charge in [0.05, 0.1) is 16.7 Å². The Morgan fingerprint density at radius 3 is 2.71 bits per heavy atom. The molecule has 1 aromatic carbocycles. The zero-order valence-electron chi connectivity index (χ0n) is 11.5. The number of rotatable bonds is 4. The molecule has 6 nitrogen and oxygen atoms in total. The highest BCUT2D eigenvalue weighted by molar-refractivity contribution is 14.1. The molecule has 1 heterocycles. The molecule has 0 atom stereocenters. The van der Waals surface area contributed by atoms with E-state index in [2.05, 4.69) is 0 Å². The number of furan rings is 1. The Hall–Kier alpha value is -1.90. The fraction of sp³-hybridized carbons (Fsp3) is 0.214. The first kappa shape index (κ1) is 15.5. The van der Waals surface area contributed by atoms with Crippen molar-refractivity contribution in [1.29, 1.82) is 0 Å². The molecule has 1 aromatic heterocycles. The Labute approximate surface area is 135 Å². The van der Waals surface area contributed by atoms with Gasteiger partial charge in [0, 0.05) is 34.9 Å². The van der Waals surface area contributed by atoms with E-state index in [1.165, 1.54) is 17.0 Å². The smallest absolute Gasteiger partial charge is 0.270 e. The van der Waals surface area contributed by atoms with Gasteiger partial charge in [0.1, 0.15) is 5.76 Å². The molecule has 0 aliphatic heterocycles. The van der Waals surface area contributed by atoms with Crippen LogP contribution in [0.5, 0.6) is 0 Å². The third-order valence-corrected chi connectivity index (χ3v) is 4.05. The monoisotopic (exact) mass is 400 g/mol. The minimum absolute atomic E-state index is 0.0911. The maximum atomic E-state index is 12.4. The molecule has 0 unspecified atom stereocenters. The standard InChI is InChI=1S/C14H13IN2O4/c1-9-10(5-6-21-9)8-16(2)14(18)12-7-11(17(19)20)3-4-13(12)15/h3-7H,8H2,1-2H3. The molecule has 0 spiro atoms. The Morgan fingerprint density at radius 2 is 2.14 bits per heavy atom. The molecular weight excluding hydrogens is 387 g/mol. The van der Waals surface area contributed by atoms with Crippen LogP contribution in [0, 0.1) is 20.6 Å². The van der Waals surface area contributed by atoms with Crippen molar-refractivity contribution in [3.8, 4) is 0 Å². The molecule has 0 saturated carbocycles. The van der Waals surface area contributed by atoms with Crippen LogP contribution in [-0.4, -0.2) is 22.8 Å². The van der Waals surface area contributed by atoms with Crippen molar-refractivity contribution >= 4 is 34.2 Å². The van der Waals surface area contributed by atoms with Gasteiger partial charge in [-0.2, -0.15) is 0 Å². The highest BCUT2D eigenvalue weighted by atomic mass is 127. The van der Waals surface area contributed by atoms with Gasteiger partial charge in [-0.25, -0.2) is 0 Å². The number of aryl methyl sites for hydroxylation is 1. The van der Waals surface area contributed by atoms with Crippen LogP contribution in [-0.2, 0) is 6.54 Å². The number of benzene rings is 1. The van der Waals surface area contributed by atoms with Crippen LogP contribution in [0.25, 0.3) is 0 Å². The van der Waals surface area contributed by atoms with Crippen LogP contribution in [0.4, 0.5) is 5.69 Å². The maximum absolute atomic E-state index is 12.4. The zero-order chi connectivity index (χ0) is 15.6. The fourth-order valence-corrected chi connectivity index (χ4v) is 2.47. The lowest BCUT2D eigenvalue weighted by Gasteiger charge is -2.17. The summed E-state index contributed by atoms with van der Waals surface area (Å²) in [5.41, 5.74) is 1.14. The molecule has 0 fully saturated rings. The number of carbonyl (C=O) groups is 1. The van der Waals surface area contributed by atoms with Crippen LogP contribution >= 0.6 is 22.6 Å². The van der Waals surface area contributed by atoms with Crippen LogP contribution in [0.15, 0.2) is 34.9 Å². The molecule has 7 heteroatoms. The van der Waals surface area contributed by atoms with Crippen LogP contribution in [0.2, 0.25) is 0 Å². The Balaban J connectivity index is 2.25. The molecule has 110 valence electrons. The summed E-state index contributed by atoms with van der Waals surface area (Å²) in [5.74, 6) is 0.493. The highest BCUT2D eigenvalue weighted by Gasteiger charge is 2.19. The topological polar surface area (TPSA) is 76.6 Å². The average molecular weight is 400 g/mol. The fourth-order valence-electron chi connectivity index (χ4n) is 1.90. The Bertz CT molecular complexity index is 696. The summed E-state index contributed by atoms with van der Waals surface area (Å²) in [5, 5.41) is 10.8. The molecule has 1 amide bonds. The maximum Gasteiger partial charge on any atom is 0.270 e. The van der Waals surface area contributed by atoms with Crippen molar-refractivity contribution in [2.24, 2.45) is 0 Å². The lowest BCUT2D eigenvalue weighted by Crippen LogP contribution is -2.27. The van der Waals surface area contributed by atoms with Gasteiger partial charge in [0.2, 0.25) is 0 Å². The van der Waals surface area contributed by atoms with Crippen LogP contribution in [0.1, 0.15) is 21.7 Å².